The summed E-state index contributed by atoms with van der Waals surface area (Å²) in [7, 11) is 2.18. The quantitative estimate of drug-likeness (QED) is 0.855. The van der Waals surface area contributed by atoms with E-state index < -0.39 is 0 Å². The molecular formula is C17H21N3S. The zero-order chi connectivity index (χ0) is 14.8. The molecule has 0 spiro atoms. The number of anilines is 1. The zero-order valence-corrected chi connectivity index (χ0v) is 13.1. The number of piperidine rings is 1. The second-order valence-electron chi connectivity index (χ2n) is 5.82. The summed E-state index contributed by atoms with van der Waals surface area (Å²) in [5.41, 5.74) is 7.96. The van der Waals surface area contributed by atoms with Gasteiger partial charge in [0.15, 0.2) is 0 Å². The fourth-order valence-corrected chi connectivity index (χ4v) is 3.32. The van der Waals surface area contributed by atoms with Crippen molar-refractivity contribution in [1.82, 2.24) is 4.90 Å². The number of thiocarbonyl (C=S) groups is 1. The monoisotopic (exact) mass is 299 g/mol. The fraction of sp³-hybridized carbons (Fsp3) is 0.353. The molecule has 0 amide bonds. The molecule has 110 valence electrons. The predicted octanol–water partition coefficient (Wildman–Crippen LogP) is 2.98. The lowest BCUT2D eigenvalue weighted by Gasteiger charge is -2.31. The molecule has 0 aliphatic carbocycles. The molecule has 0 bridgehead atoms. The van der Waals surface area contributed by atoms with Gasteiger partial charge in [-0.3, -0.25) is 0 Å². The van der Waals surface area contributed by atoms with Gasteiger partial charge >= 0.3 is 0 Å². The predicted molar refractivity (Wildman–Crippen MR) is 94.0 cm³/mol. The van der Waals surface area contributed by atoms with Crippen LogP contribution in [-0.4, -0.2) is 36.1 Å². The summed E-state index contributed by atoms with van der Waals surface area (Å²) in [6.07, 6.45) is 2.47. The van der Waals surface area contributed by atoms with Crippen LogP contribution in [0.1, 0.15) is 18.4 Å². The SMILES string of the molecule is CN1CCCC(Nc2ccc(C(N)=S)c3ccccc23)C1. The number of nitrogens with two attached hydrogens (primary N) is 1. The van der Waals surface area contributed by atoms with Crippen LogP contribution in [0.15, 0.2) is 36.4 Å². The highest BCUT2D eigenvalue weighted by atomic mass is 32.1. The van der Waals surface area contributed by atoms with Gasteiger partial charge in [0, 0.05) is 29.2 Å². The molecule has 1 fully saturated rings. The fourth-order valence-electron chi connectivity index (χ4n) is 3.14. The Morgan fingerprint density at radius 1 is 1.24 bits per heavy atom. The molecule has 0 saturated carbocycles. The highest BCUT2D eigenvalue weighted by Crippen LogP contribution is 2.28. The van der Waals surface area contributed by atoms with Crippen LogP contribution in [0.2, 0.25) is 0 Å². The molecule has 1 atom stereocenters. The van der Waals surface area contributed by atoms with Crippen LogP contribution in [0.4, 0.5) is 5.69 Å². The Morgan fingerprint density at radius 3 is 2.71 bits per heavy atom. The van der Waals surface area contributed by atoms with Crippen molar-refractivity contribution in [3.63, 3.8) is 0 Å². The van der Waals surface area contributed by atoms with Crippen LogP contribution in [0, 0.1) is 0 Å². The highest BCUT2D eigenvalue weighted by Gasteiger charge is 2.18. The molecular weight excluding hydrogens is 278 g/mol. The van der Waals surface area contributed by atoms with Crippen molar-refractivity contribution in [3.05, 3.63) is 42.0 Å². The maximum atomic E-state index is 5.84. The second-order valence-corrected chi connectivity index (χ2v) is 6.26. The van der Waals surface area contributed by atoms with E-state index in [0.29, 0.717) is 11.0 Å². The molecule has 1 aliphatic rings. The standard InChI is InChI=1S/C17H21N3S/c1-20-10-4-5-12(11-20)19-16-9-8-15(17(18)21)13-6-2-3-7-14(13)16/h2-3,6-9,12,19H,4-5,10-11H2,1H3,(H2,18,21). The van der Waals surface area contributed by atoms with Crippen molar-refractivity contribution in [2.24, 2.45) is 5.73 Å². The lowest BCUT2D eigenvalue weighted by atomic mass is 10.0. The van der Waals surface area contributed by atoms with Gasteiger partial charge in [-0.25, -0.2) is 0 Å². The molecule has 21 heavy (non-hydrogen) atoms. The average molecular weight is 299 g/mol. The molecule has 3 rings (SSSR count). The van der Waals surface area contributed by atoms with E-state index in [1.54, 1.807) is 0 Å². The van der Waals surface area contributed by atoms with Crippen LogP contribution in [0.5, 0.6) is 0 Å². The molecule has 1 saturated heterocycles. The first-order valence-corrected chi connectivity index (χ1v) is 7.82. The molecule has 4 heteroatoms. The molecule has 1 heterocycles. The van der Waals surface area contributed by atoms with Gasteiger partial charge < -0.3 is 16.0 Å². The second kappa shape index (κ2) is 6.00. The van der Waals surface area contributed by atoms with Crippen molar-refractivity contribution in [3.8, 4) is 0 Å². The summed E-state index contributed by atoms with van der Waals surface area (Å²) in [6.45, 7) is 2.28. The van der Waals surface area contributed by atoms with Crippen LogP contribution >= 0.6 is 12.2 Å². The van der Waals surface area contributed by atoms with Crippen molar-refractivity contribution >= 4 is 33.7 Å². The summed E-state index contributed by atoms with van der Waals surface area (Å²) < 4.78 is 0. The van der Waals surface area contributed by atoms with Gasteiger partial charge in [-0.1, -0.05) is 36.5 Å². The largest absolute Gasteiger partial charge is 0.389 e. The van der Waals surface area contributed by atoms with Gasteiger partial charge in [-0.15, -0.1) is 0 Å². The number of nitrogens with one attached hydrogen (secondary N) is 1. The van der Waals surface area contributed by atoms with E-state index in [0.717, 1.165) is 17.5 Å². The lowest BCUT2D eigenvalue weighted by Crippen LogP contribution is -2.39. The van der Waals surface area contributed by atoms with Gasteiger partial charge in [-0.05, 0) is 44.0 Å². The van der Waals surface area contributed by atoms with Crippen molar-refractivity contribution in [2.75, 3.05) is 25.5 Å². The molecule has 0 radical (unpaired) electrons. The molecule has 0 aromatic heterocycles. The van der Waals surface area contributed by atoms with E-state index in [2.05, 4.69) is 41.5 Å². The first kappa shape index (κ1) is 14.3. The van der Waals surface area contributed by atoms with Gasteiger partial charge in [0.2, 0.25) is 0 Å². The summed E-state index contributed by atoms with van der Waals surface area (Å²) in [6, 6.07) is 12.9. The lowest BCUT2D eigenvalue weighted by molar-refractivity contribution is 0.261. The smallest absolute Gasteiger partial charge is 0.104 e. The van der Waals surface area contributed by atoms with Gasteiger partial charge in [0.25, 0.3) is 0 Å². The van der Waals surface area contributed by atoms with E-state index >= 15 is 0 Å². The van der Waals surface area contributed by atoms with Crippen molar-refractivity contribution in [1.29, 1.82) is 0 Å². The number of benzene rings is 2. The number of rotatable bonds is 3. The van der Waals surface area contributed by atoms with E-state index in [4.69, 9.17) is 18.0 Å². The Kier molecular flexibility index (Phi) is 4.08. The third kappa shape index (κ3) is 3.01. The minimum absolute atomic E-state index is 0.454. The maximum Gasteiger partial charge on any atom is 0.104 e. The van der Waals surface area contributed by atoms with Gasteiger partial charge in [0.1, 0.15) is 4.99 Å². The number of hydrogen-bond donors (Lipinski definition) is 2. The number of likely N-dealkylation sites (tertiary alicyclic amines) is 1. The number of hydrogen-bond acceptors (Lipinski definition) is 3. The summed E-state index contributed by atoms with van der Waals surface area (Å²) in [5.74, 6) is 0. The Labute approximate surface area is 131 Å². The summed E-state index contributed by atoms with van der Waals surface area (Å²) in [4.78, 5) is 2.84. The molecule has 3 nitrogen and oxygen atoms in total. The van der Waals surface area contributed by atoms with E-state index in [1.807, 2.05) is 12.1 Å². The van der Waals surface area contributed by atoms with Crippen LogP contribution < -0.4 is 11.1 Å². The van der Waals surface area contributed by atoms with Gasteiger partial charge in [-0.2, -0.15) is 0 Å². The molecule has 2 aromatic rings. The number of likely N-dealkylation sites (N-methyl/N-ethyl adjacent to an activating group) is 1. The normalized spacial score (nSPS) is 19.6. The zero-order valence-electron chi connectivity index (χ0n) is 12.3. The third-order valence-corrected chi connectivity index (χ3v) is 4.39. The van der Waals surface area contributed by atoms with Crippen LogP contribution in [-0.2, 0) is 0 Å². The molecule has 1 aliphatic heterocycles. The Bertz CT molecular complexity index is 668. The third-order valence-electron chi connectivity index (χ3n) is 4.17. The number of fused-ring (bicyclic) bond motifs is 1. The van der Waals surface area contributed by atoms with Crippen molar-refractivity contribution in [2.45, 2.75) is 18.9 Å². The first-order valence-electron chi connectivity index (χ1n) is 7.42. The van der Waals surface area contributed by atoms with E-state index in [9.17, 15) is 0 Å². The molecule has 3 N–H and O–H groups in total. The minimum Gasteiger partial charge on any atom is -0.389 e. The minimum atomic E-state index is 0.454. The Morgan fingerprint density at radius 2 is 2.00 bits per heavy atom. The van der Waals surface area contributed by atoms with Crippen molar-refractivity contribution < 1.29 is 0 Å². The van der Waals surface area contributed by atoms with E-state index in [-0.39, 0.29) is 0 Å². The summed E-state index contributed by atoms with van der Waals surface area (Å²) >= 11 is 5.16. The first-order chi connectivity index (χ1) is 10.1. The maximum absolute atomic E-state index is 5.84. The molecule has 1 unspecified atom stereocenters. The summed E-state index contributed by atoms with van der Waals surface area (Å²) in [5, 5.41) is 6.01. The highest BCUT2D eigenvalue weighted by molar-refractivity contribution is 7.80. The van der Waals surface area contributed by atoms with Crippen LogP contribution in [0.25, 0.3) is 10.8 Å². The van der Waals surface area contributed by atoms with E-state index in [1.165, 1.54) is 30.5 Å². The Hall–Kier alpha value is -1.65. The Balaban J connectivity index is 1.96. The van der Waals surface area contributed by atoms with Gasteiger partial charge in [0.05, 0.1) is 0 Å². The van der Waals surface area contributed by atoms with Crippen LogP contribution in [0.3, 0.4) is 0 Å². The number of nitrogens with zero attached hydrogens (tertiary/aromatic N) is 1. The average Bonchev–Trinajstić information content (AvgIpc) is 2.47. The molecule has 2 aromatic carbocycles. The topological polar surface area (TPSA) is 41.3 Å².